The number of aromatic nitrogens is 2. The fourth-order valence-electron chi connectivity index (χ4n) is 2.72. The minimum atomic E-state index is -0.919. The zero-order valence-corrected chi connectivity index (χ0v) is 20.0. The van der Waals surface area contributed by atoms with Gasteiger partial charge in [0, 0.05) is 19.7 Å². The van der Waals surface area contributed by atoms with E-state index in [2.05, 4.69) is 41.8 Å². The molecule has 0 aliphatic rings. The van der Waals surface area contributed by atoms with Crippen molar-refractivity contribution in [2.45, 2.75) is 0 Å². The van der Waals surface area contributed by atoms with Crippen LogP contribution in [0.3, 0.4) is 0 Å². The summed E-state index contributed by atoms with van der Waals surface area (Å²) in [4.78, 5) is 37.4. The molecule has 0 radical (unpaired) electrons. The van der Waals surface area contributed by atoms with Gasteiger partial charge in [-0.3, -0.25) is 25.0 Å². The van der Waals surface area contributed by atoms with Crippen molar-refractivity contribution in [1.29, 1.82) is 0 Å². The van der Waals surface area contributed by atoms with E-state index in [1.54, 1.807) is 30.3 Å². The van der Waals surface area contributed by atoms with Crippen molar-refractivity contribution in [2.24, 2.45) is 0 Å². The first-order valence-electron chi connectivity index (χ1n) is 8.28. The number of aromatic amines is 1. The highest BCUT2D eigenvalue weighted by Gasteiger charge is 2.23. The highest BCUT2D eigenvalue weighted by molar-refractivity contribution is 9.10. The van der Waals surface area contributed by atoms with Gasteiger partial charge in [0.15, 0.2) is 0 Å². The Morgan fingerprint density at radius 1 is 0.938 bits per heavy atom. The highest BCUT2D eigenvalue weighted by Crippen LogP contribution is 2.37. The Balaban J connectivity index is 0.000000181. The van der Waals surface area contributed by atoms with E-state index < -0.39 is 26.8 Å². The quantitative estimate of drug-likeness (QED) is 0.158. The summed E-state index contributed by atoms with van der Waals surface area (Å²) in [6.07, 6.45) is 0. The summed E-state index contributed by atoms with van der Waals surface area (Å²) in [5.74, 6) is -0.620. The molecule has 0 saturated carbocycles. The normalized spacial score (nSPS) is 10.6. The van der Waals surface area contributed by atoms with Crippen LogP contribution in [0.25, 0.3) is 21.8 Å². The first kappa shape index (κ1) is 23.9. The maximum absolute atomic E-state index is 11.3. The average Bonchev–Trinajstić information content (AvgIpc) is 2.69. The smallest absolute Gasteiger partial charge is 0.375 e. The molecular formula is C18H8Br2Cl2N4O6. The number of aromatic hydroxyl groups is 1. The van der Waals surface area contributed by atoms with E-state index in [1.807, 2.05) is 0 Å². The van der Waals surface area contributed by atoms with Crippen LogP contribution >= 0.6 is 55.1 Å². The van der Waals surface area contributed by atoms with E-state index in [9.17, 15) is 30.1 Å². The van der Waals surface area contributed by atoms with E-state index in [0.717, 1.165) is 4.47 Å². The lowest BCUT2D eigenvalue weighted by atomic mass is 10.2. The number of rotatable bonds is 2. The summed E-state index contributed by atoms with van der Waals surface area (Å²) in [5, 5.41) is 31.5. The minimum Gasteiger partial charge on any atom is -0.501 e. The van der Waals surface area contributed by atoms with Gasteiger partial charge in [-0.1, -0.05) is 55.1 Å². The van der Waals surface area contributed by atoms with E-state index in [0.29, 0.717) is 20.9 Å². The fourth-order valence-corrected chi connectivity index (χ4v) is 4.06. The summed E-state index contributed by atoms with van der Waals surface area (Å²) >= 11 is 18.1. The first-order valence-corrected chi connectivity index (χ1v) is 10.6. The van der Waals surface area contributed by atoms with Crippen LogP contribution in [0.1, 0.15) is 0 Å². The number of pyridine rings is 2. The molecular weight excluding hydrogens is 599 g/mol. The lowest BCUT2D eigenvalue weighted by Crippen LogP contribution is -2.11. The van der Waals surface area contributed by atoms with Crippen molar-refractivity contribution in [1.82, 2.24) is 9.97 Å². The molecule has 4 aromatic rings. The predicted molar refractivity (Wildman–Crippen MR) is 127 cm³/mol. The molecule has 164 valence electrons. The number of benzene rings is 2. The van der Waals surface area contributed by atoms with Gasteiger partial charge in [-0.05, 0) is 36.4 Å². The SMILES string of the molecule is O=[N+]([O-])c1c(Cl)nc2ccc(Br)cc2c1Cl.O=c1[nH]c2ccc(Br)cc2c(O)c1[N+](=O)[O-]. The van der Waals surface area contributed by atoms with Gasteiger partial charge in [0.25, 0.3) is 0 Å². The van der Waals surface area contributed by atoms with Crippen LogP contribution in [0.5, 0.6) is 5.75 Å². The molecule has 0 unspecified atom stereocenters. The van der Waals surface area contributed by atoms with Crippen LogP contribution in [0.15, 0.2) is 50.1 Å². The van der Waals surface area contributed by atoms with Crippen LogP contribution < -0.4 is 5.56 Å². The Morgan fingerprint density at radius 3 is 2.09 bits per heavy atom. The van der Waals surface area contributed by atoms with Gasteiger partial charge in [-0.2, -0.15) is 0 Å². The van der Waals surface area contributed by atoms with E-state index in [1.165, 1.54) is 6.07 Å². The van der Waals surface area contributed by atoms with Crippen LogP contribution in [0.4, 0.5) is 11.4 Å². The van der Waals surface area contributed by atoms with Gasteiger partial charge < -0.3 is 10.1 Å². The van der Waals surface area contributed by atoms with E-state index >= 15 is 0 Å². The van der Waals surface area contributed by atoms with Crippen molar-refractivity contribution in [3.63, 3.8) is 0 Å². The van der Waals surface area contributed by atoms with Crippen LogP contribution in [-0.2, 0) is 0 Å². The number of halogens is 4. The molecule has 0 bridgehead atoms. The lowest BCUT2D eigenvalue weighted by Gasteiger charge is -2.03. The van der Waals surface area contributed by atoms with Crippen molar-refractivity contribution in [3.8, 4) is 5.75 Å². The molecule has 14 heteroatoms. The second-order valence-electron chi connectivity index (χ2n) is 6.08. The van der Waals surface area contributed by atoms with Gasteiger partial charge in [-0.25, -0.2) is 4.98 Å². The number of hydrogen-bond donors (Lipinski definition) is 2. The molecule has 0 spiro atoms. The lowest BCUT2D eigenvalue weighted by molar-refractivity contribution is -0.387. The number of H-pyrrole nitrogens is 1. The molecule has 10 nitrogen and oxygen atoms in total. The molecule has 32 heavy (non-hydrogen) atoms. The second kappa shape index (κ2) is 9.36. The fraction of sp³-hybridized carbons (Fsp3) is 0. The molecule has 4 rings (SSSR count). The third kappa shape index (κ3) is 4.67. The van der Waals surface area contributed by atoms with E-state index in [4.69, 9.17) is 23.2 Å². The van der Waals surface area contributed by atoms with Crippen molar-refractivity contribution >= 4 is 88.2 Å². The molecule has 0 aliphatic carbocycles. The van der Waals surface area contributed by atoms with Crippen LogP contribution in [0.2, 0.25) is 10.2 Å². The monoisotopic (exact) mass is 604 g/mol. The van der Waals surface area contributed by atoms with Gasteiger partial charge in [0.05, 0.1) is 20.9 Å². The first-order chi connectivity index (χ1) is 15.0. The maximum Gasteiger partial charge on any atom is 0.375 e. The largest absolute Gasteiger partial charge is 0.501 e. The third-order valence-corrected chi connectivity index (χ3v) is 5.74. The highest BCUT2D eigenvalue weighted by atomic mass is 79.9. The maximum atomic E-state index is 11.3. The molecule has 0 aliphatic heterocycles. The molecule has 2 N–H and O–H groups in total. The van der Waals surface area contributed by atoms with Crippen LogP contribution in [-0.4, -0.2) is 24.9 Å². The standard InChI is InChI=1S/C9H3BrCl2N2O2.C9H5BrN2O4/c10-4-1-2-6-5(3-4)7(11)8(14(15)16)9(12)13-6;10-4-1-2-6-5(3-4)8(13)7(12(15)16)9(14)11-6/h1-3H;1-3H,(H2,11,13,14). The van der Waals surface area contributed by atoms with Crippen molar-refractivity contribution in [2.75, 3.05) is 0 Å². The number of fused-ring (bicyclic) bond motifs is 2. The van der Waals surface area contributed by atoms with E-state index in [-0.39, 0.29) is 21.2 Å². The molecule has 2 aromatic heterocycles. The molecule has 0 saturated heterocycles. The van der Waals surface area contributed by atoms with Gasteiger partial charge in [0.1, 0.15) is 5.02 Å². The molecule has 2 heterocycles. The van der Waals surface area contributed by atoms with Gasteiger partial charge in [0.2, 0.25) is 10.9 Å². The second-order valence-corrected chi connectivity index (χ2v) is 8.65. The molecule has 0 atom stereocenters. The predicted octanol–water partition coefficient (Wildman–Crippen LogP) is 6.12. The summed E-state index contributed by atoms with van der Waals surface area (Å²) in [5.41, 5.74) is -1.27. The Labute approximate surface area is 204 Å². The number of nitrogens with one attached hydrogen (secondary N) is 1. The summed E-state index contributed by atoms with van der Waals surface area (Å²) < 4.78 is 1.41. The van der Waals surface area contributed by atoms with Crippen molar-refractivity contribution < 1.29 is 15.0 Å². The zero-order valence-electron chi connectivity index (χ0n) is 15.3. The molecule has 0 amide bonds. The topological polar surface area (TPSA) is 152 Å². The third-order valence-electron chi connectivity index (χ3n) is 4.11. The zero-order chi connectivity index (χ0) is 23.7. The number of hydrogen-bond acceptors (Lipinski definition) is 7. The molecule has 2 aromatic carbocycles. The summed E-state index contributed by atoms with van der Waals surface area (Å²) in [7, 11) is 0. The summed E-state index contributed by atoms with van der Waals surface area (Å²) in [6.45, 7) is 0. The number of nitro groups is 2. The van der Waals surface area contributed by atoms with Crippen molar-refractivity contribution in [3.05, 3.63) is 86.1 Å². The Bertz CT molecular complexity index is 1480. The minimum absolute atomic E-state index is 0.00120. The Hall–Kier alpha value is -2.80. The Kier molecular flexibility index (Phi) is 6.98. The van der Waals surface area contributed by atoms with Gasteiger partial charge >= 0.3 is 16.9 Å². The summed E-state index contributed by atoms with van der Waals surface area (Å²) in [6, 6.07) is 9.80. The Morgan fingerprint density at radius 2 is 1.50 bits per heavy atom. The number of nitrogens with zero attached hydrogens (tertiary/aromatic N) is 3. The molecule has 0 fully saturated rings. The average molecular weight is 607 g/mol. The van der Waals surface area contributed by atoms with Gasteiger partial charge in [-0.15, -0.1) is 0 Å². The van der Waals surface area contributed by atoms with Crippen LogP contribution in [0, 0.1) is 20.2 Å².